The molecule has 2 N–H and O–H groups in total. The van der Waals surface area contributed by atoms with Crippen molar-refractivity contribution >= 4 is 49.8 Å². The predicted molar refractivity (Wildman–Crippen MR) is 96.2 cm³/mol. The van der Waals surface area contributed by atoms with Gasteiger partial charge in [-0.05, 0) is 30.3 Å². The molecule has 5 nitrogen and oxygen atoms in total. The molecule has 0 atom stereocenters. The summed E-state index contributed by atoms with van der Waals surface area (Å²) < 4.78 is 10.4. The molecule has 0 aliphatic carbocycles. The third-order valence-electron chi connectivity index (χ3n) is 2.86. The van der Waals surface area contributed by atoms with Crippen LogP contribution in [0, 0.1) is 5.41 Å². The van der Waals surface area contributed by atoms with Gasteiger partial charge in [0.25, 0.3) is 0 Å². The molecule has 1 aromatic heterocycles. The minimum Gasteiger partial charge on any atom is -0.450 e. The SMILES string of the molecule is CBr.CNc1nc(OCOC)c2cc(Cl)ccc2c1C(C)=N. The predicted octanol–water partition coefficient (Wildman–Crippen LogP) is 4.31. The second-order valence-electron chi connectivity index (χ2n) is 4.26. The monoisotopic (exact) mass is 387 g/mol. The number of fused-ring (bicyclic) bond motifs is 1. The molecule has 0 fully saturated rings. The summed E-state index contributed by atoms with van der Waals surface area (Å²) in [5, 5.41) is 13.2. The Bertz CT molecular complexity index is 665. The molecular formula is C15H19BrClN3O2. The lowest BCUT2D eigenvalue weighted by Gasteiger charge is -2.15. The summed E-state index contributed by atoms with van der Waals surface area (Å²) >= 11 is 8.98. The van der Waals surface area contributed by atoms with E-state index in [9.17, 15) is 0 Å². The number of anilines is 1. The molecule has 0 aliphatic heterocycles. The molecule has 0 aliphatic rings. The Morgan fingerprint density at radius 1 is 1.36 bits per heavy atom. The number of pyridine rings is 1. The number of rotatable bonds is 5. The fourth-order valence-electron chi connectivity index (χ4n) is 2.04. The van der Waals surface area contributed by atoms with Gasteiger partial charge in [-0.15, -0.1) is 0 Å². The van der Waals surface area contributed by atoms with Crippen LogP contribution in [0.4, 0.5) is 5.82 Å². The highest BCUT2D eigenvalue weighted by atomic mass is 79.9. The third kappa shape index (κ3) is 4.09. The van der Waals surface area contributed by atoms with E-state index in [2.05, 4.69) is 26.2 Å². The van der Waals surface area contributed by atoms with Crippen LogP contribution in [0.2, 0.25) is 5.02 Å². The Morgan fingerprint density at radius 3 is 2.59 bits per heavy atom. The second-order valence-corrected chi connectivity index (χ2v) is 4.69. The van der Waals surface area contributed by atoms with E-state index in [0.717, 1.165) is 16.3 Å². The van der Waals surface area contributed by atoms with Crippen LogP contribution in [0.3, 0.4) is 0 Å². The van der Waals surface area contributed by atoms with E-state index in [4.69, 9.17) is 26.5 Å². The molecule has 0 saturated heterocycles. The highest BCUT2D eigenvalue weighted by Crippen LogP contribution is 2.33. The Balaban J connectivity index is 0.00000116. The number of nitrogens with one attached hydrogen (secondary N) is 2. The zero-order valence-electron chi connectivity index (χ0n) is 13.0. The van der Waals surface area contributed by atoms with Crippen LogP contribution < -0.4 is 10.1 Å². The first-order valence-electron chi connectivity index (χ1n) is 6.44. The first-order chi connectivity index (χ1) is 10.6. The summed E-state index contributed by atoms with van der Waals surface area (Å²) in [6, 6.07) is 5.43. The summed E-state index contributed by atoms with van der Waals surface area (Å²) in [7, 11) is 3.31. The van der Waals surface area contributed by atoms with Crippen LogP contribution in [-0.4, -0.2) is 37.5 Å². The van der Waals surface area contributed by atoms with Crippen molar-refractivity contribution in [2.24, 2.45) is 0 Å². The van der Waals surface area contributed by atoms with Gasteiger partial charge in [0, 0.05) is 35.8 Å². The average molecular weight is 389 g/mol. The molecule has 0 saturated carbocycles. The van der Waals surface area contributed by atoms with Gasteiger partial charge in [0.05, 0.1) is 0 Å². The molecule has 22 heavy (non-hydrogen) atoms. The molecule has 7 heteroatoms. The first-order valence-corrected chi connectivity index (χ1v) is 8.41. The van der Waals surface area contributed by atoms with E-state index in [1.807, 2.05) is 11.9 Å². The molecule has 1 aromatic carbocycles. The van der Waals surface area contributed by atoms with Crippen LogP contribution in [0.5, 0.6) is 5.88 Å². The van der Waals surface area contributed by atoms with E-state index in [-0.39, 0.29) is 6.79 Å². The molecule has 0 bridgehead atoms. The number of ether oxygens (including phenoxy) is 2. The lowest BCUT2D eigenvalue weighted by atomic mass is 10.0. The normalized spacial score (nSPS) is 9.91. The Hall–Kier alpha value is -1.37. The number of hydrogen-bond donors (Lipinski definition) is 2. The topological polar surface area (TPSA) is 67.2 Å². The maximum atomic E-state index is 7.95. The summed E-state index contributed by atoms with van der Waals surface area (Å²) in [6.07, 6.45) is 0. The van der Waals surface area contributed by atoms with E-state index in [0.29, 0.717) is 22.4 Å². The van der Waals surface area contributed by atoms with Gasteiger partial charge in [-0.1, -0.05) is 33.6 Å². The zero-order chi connectivity index (χ0) is 16.7. The van der Waals surface area contributed by atoms with E-state index in [1.165, 1.54) is 0 Å². The highest BCUT2D eigenvalue weighted by molar-refractivity contribution is 9.08. The Morgan fingerprint density at radius 2 is 2.05 bits per heavy atom. The number of methoxy groups -OCH3 is 1. The van der Waals surface area contributed by atoms with Crippen LogP contribution in [-0.2, 0) is 4.74 Å². The van der Waals surface area contributed by atoms with Crippen molar-refractivity contribution in [2.45, 2.75) is 6.92 Å². The highest BCUT2D eigenvalue weighted by Gasteiger charge is 2.16. The average Bonchev–Trinajstić information content (AvgIpc) is 2.53. The number of benzene rings is 1. The number of nitrogens with zero attached hydrogens (tertiary/aromatic N) is 1. The zero-order valence-corrected chi connectivity index (χ0v) is 15.3. The molecule has 0 amide bonds. The molecule has 0 spiro atoms. The van der Waals surface area contributed by atoms with E-state index in [1.54, 1.807) is 33.2 Å². The van der Waals surface area contributed by atoms with Crippen molar-refractivity contribution in [3.8, 4) is 5.88 Å². The minimum absolute atomic E-state index is 0.0979. The van der Waals surface area contributed by atoms with Gasteiger partial charge in [-0.3, -0.25) is 0 Å². The Kier molecular flexibility index (Phi) is 7.58. The van der Waals surface area contributed by atoms with Crippen molar-refractivity contribution < 1.29 is 9.47 Å². The van der Waals surface area contributed by atoms with Crippen molar-refractivity contribution in [3.05, 3.63) is 28.8 Å². The quantitative estimate of drug-likeness (QED) is 0.455. The number of hydrogen-bond acceptors (Lipinski definition) is 5. The molecule has 0 unspecified atom stereocenters. The summed E-state index contributed by atoms with van der Waals surface area (Å²) in [5.74, 6) is 2.84. The van der Waals surface area contributed by atoms with Gasteiger partial charge in [0.1, 0.15) is 5.82 Å². The third-order valence-corrected chi connectivity index (χ3v) is 3.09. The van der Waals surface area contributed by atoms with Crippen molar-refractivity contribution in [1.29, 1.82) is 5.41 Å². The minimum atomic E-state index is 0.0979. The van der Waals surface area contributed by atoms with Crippen LogP contribution in [0.25, 0.3) is 10.8 Å². The van der Waals surface area contributed by atoms with E-state index < -0.39 is 0 Å². The number of aromatic nitrogens is 1. The van der Waals surface area contributed by atoms with Gasteiger partial charge in [-0.2, -0.15) is 4.98 Å². The van der Waals surface area contributed by atoms with E-state index >= 15 is 0 Å². The Labute approximate surface area is 143 Å². The van der Waals surface area contributed by atoms with Crippen LogP contribution in [0.15, 0.2) is 18.2 Å². The number of alkyl halides is 1. The summed E-state index contributed by atoms with van der Waals surface area (Å²) in [6.45, 7) is 1.82. The van der Waals surface area contributed by atoms with Gasteiger partial charge in [-0.25, -0.2) is 0 Å². The molecule has 0 radical (unpaired) electrons. The van der Waals surface area contributed by atoms with Crippen molar-refractivity contribution in [1.82, 2.24) is 4.98 Å². The fraction of sp³-hybridized carbons (Fsp3) is 0.333. The van der Waals surface area contributed by atoms with Crippen molar-refractivity contribution in [3.63, 3.8) is 0 Å². The lowest BCUT2D eigenvalue weighted by molar-refractivity contribution is 0.0491. The smallest absolute Gasteiger partial charge is 0.225 e. The molecule has 2 rings (SSSR count). The van der Waals surface area contributed by atoms with Crippen LogP contribution in [0.1, 0.15) is 12.5 Å². The first kappa shape index (κ1) is 18.7. The number of halogens is 2. The van der Waals surface area contributed by atoms with Gasteiger partial charge in [0.15, 0.2) is 6.79 Å². The van der Waals surface area contributed by atoms with Gasteiger partial charge >= 0.3 is 0 Å². The summed E-state index contributed by atoms with van der Waals surface area (Å²) in [5.41, 5.74) is 1.16. The van der Waals surface area contributed by atoms with Gasteiger partial charge in [0.2, 0.25) is 5.88 Å². The molecule has 2 aromatic rings. The molecular weight excluding hydrogens is 370 g/mol. The molecule has 1 heterocycles. The maximum absolute atomic E-state index is 7.95. The maximum Gasteiger partial charge on any atom is 0.225 e. The van der Waals surface area contributed by atoms with Crippen LogP contribution >= 0.6 is 27.5 Å². The summed E-state index contributed by atoms with van der Waals surface area (Å²) in [4.78, 5) is 4.41. The van der Waals surface area contributed by atoms with Crippen molar-refractivity contribution in [2.75, 3.05) is 32.1 Å². The lowest BCUT2D eigenvalue weighted by Crippen LogP contribution is -2.08. The fourth-order valence-corrected chi connectivity index (χ4v) is 2.21. The van der Waals surface area contributed by atoms with Gasteiger partial charge < -0.3 is 20.2 Å². The second kappa shape index (κ2) is 8.92. The molecule has 120 valence electrons. The standard InChI is InChI=1S/C14H16ClN3O2.CH3Br/c1-8(16)12-10-5-4-9(15)6-11(10)14(20-7-19-3)18-13(12)17-2;1-2/h4-6,16H,7H2,1-3H3,(H,17,18);1H3. The largest absolute Gasteiger partial charge is 0.450 e.